The molecule has 5 heteroatoms. The zero-order valence-electron chi connectivity index (χ0n) is 10.8. The quantitative estimate of drug-likeness (QED) is 0.898. The number of aliphatic hydroxyl groups excluding tert-OH is 1. The van der Waals surface area contributed by atoms with Crippen molar-refractivity contribution < 1.29 is 5.11 Å². The lowest BCUT2D eigenvalue weighted by molar-refractivity contribution is 0.00612. The van der Waals surface area contributed by atoms with Crippen LogP contribution in [0.5, 0.6) is 0 Å². The van der Waals surface area contributed by atoms with Gasteiger partial charge in [-0.2, -0.15) is 0 Å². The summed E-state index contributed by atoms with van der Waals surface area (Å²) in [7, 11) is 0. The van der Waals surface area contributed by atoms with Gasteiger partial charge >= 0.3 is 0 Å². The van der Waals surface area contributed by atoms with Gasteiger partial charge in [0.25, 0.3) is 0 Å². The Morgan fingerprint density at radius 1 is 1.56 bits per heavy atom. The molecule has 0 bridgehead atoms. The number of aliphatic hydroxyl groups is 1. The van der Waals surface area contributed by atoms with Crippen LogP contribution in [0.1, 0.15) is 31.2 Å². The van der Waals surface area contributed by atoms with Crippen molar-refractivity contribution in [1.29, 1.82) is 0 Å². The van der Waals surface area contributed by atoms with E-state index >= 15 is 0 Å². The van der Waals surface area contributed by atoms with E-state index < -0.39 is 0 Å². The zero-order valence-corrected chi connectivity index (χ0v) is 12.4. The molecule has 1 fully saturated rings. The minimum atomic E-state index is -0.254. The Morgan fingerprint density at radius 3 is 2.78 bits per heavy atom. The summed E-state index contributed by atoms with van der Waals surface area (Å²) in [5.41, 5.74) is 6.13. The van der Waals surface area contributed by atoms with E-state index in [1.165, 1.54) is 4.88 Å². The molecule has 1 aromatic heterocycles. The normalized spacial score (nSPS) is 29.2. The molecular formula is C13H21ClN2OS. The first-order valence-corrected chi connectivity index (χ1v) is 7.61. The van der Waals surface area contributed by atoms with Gasteiger partial charge in [-0.1, -0.05) is 18.5 Å². The van der Waals surface area contributed by atoms with Gasteiger partial charge in [0.2, 0.25) is 0 Å². The molecule has 1 aliphatic heterocycles. The van der Waals surface area contributed by atoms with Gasteiger partial charge in [0.15, 0.2) is 0 Å². The number of nitrogens with zero attached hydrogens (tertiary/aromatic N) is 1. The van der Waals surface area contributed by atoms with Crippen molar-refractivity contribution in [2.24, 2.45) is 11.7 Å². The molecule has 0 aliphatic carbocycles. The Labute approximate surface area is 118 Å². The lowest BCUT2D eigenvalue weighted by Crippen LogP contribution is -2.48. The molecule has 102 valence electrons. The van der Waals surface area contributed by atoms with Gasteiger partial charge in [-0.3, -0.25) is 4.90 Å². The largest absolute Gasteiger partial charge is 0.392 e. The van der Waals surface area contributed by atoms with Crippen molar-refractivity contribution in [1.82, 2.24) is 4.90 Å². The van der Waals surface area contributed by atoms with Crippen molar-refractivity contribution in [3.63, 3.8) is 0 Å². The number of β-amino-alcohol motifs (C(OH)–C–C–N with tert-alkyl or cyclic N) is 1. The van der Waals surface area contributed by atoms with Crippen LogP contribution in [0.4, 0.5) is 0 Å². The van der Waals surface area contributed by atoms with E-state index in [0.717, 1.165) is 17.3 Å². The third kappa shape index (κ3) is 3.06. The highest BCUT2D eigenvalue weighted by molar-refractivity contribution is 7.16. The average molecular weight is 289 g/mol. The van der Waals surface area contributed by atoms with Crippen molar-refractivity contribution in [2.75, 3.05) is 13.1 Å². The average Bonchev–Trinajstić information content (AvgIpc) is 2.70. The molecule has 0 radical (unpaired) electrons. The second-order valence-electron chi connectivity index (χ2n) is 5.27. The minimum Gasteiger partial charge on any atom is -0.392 e. The fourth-order valence-electron chi connectivity index (χ4n) is 2.58. The van der Waals surface area contributed by atoms with Crippen LogP contribution in [-0.2, 0) is 0 Å². The summed E-state index contributed by atoms with van der Waals surface area (Å²) in [5.74, 6) is 0.377. The summed E-state index contributed by atoms with van der Waals surface area (Å²) in [6, 6.07) is 4.15. The van der Waals surface area contributed by atoms with Crippen LogP contribution in [0.15, 0.2) is 12.1 Å². The van der Waals surface area contributed by atoms with Crippen molar-refractivity contribution >= 4 is 22.9 Å². The molecule has 3 N–H and O–H groups in total. The molecule has 2 heterocycles. The van der Waals surface area contributed by atoms with Crippen LogP contribution >= 0.6 is 22.9 Å². The summed E-state index contributed by atoms with van der Waals surface area (Å²) >= 11 is 7.59. The van der Waals surface area contributed by atoms with Gasteiger partial charge < -0.3 is 10.8 Å². The van der Waals surface area contributed by atoms with Gasteiger partial charge in [0.05, 0.1) is 16.5 Å². The summed E-state index contributed by atoms with van der Waals surface area (Å²) in [5, 5.41) is 10.0. The third-order valence-corrected chi connectivity index (χ3v) is 5.03. The molecule has 3 nitrogen and oxygen atoms in total. The third-order valence-electron chi connectivity index (χ3n) is 3.73. The second kappa shape index (κ2) is 5.88. The fourth-order valence-corrected chi connectivity index (χ4v) is 3.90. The molecule has 1 saturated heterocycles. The van der Waals surface area contributed by atoms with Crippen LogP contribution in [0.2, 0.25) is 4.34 Å². The first kappa shape index (κ1) is 14.3. The van der Waals surface area contributed by atoms with E-state index in [2.05, 4.69) is 11.8 Å². The number of thiophene rings is 1. The molecule has 0 saturated carbocycles. The van der Waals surface area contributed by atoms with Gasteiger partial charge in [-0.05, 0) is 37.9 Å². The van der Waals surface area contributed by atoms with Gasteiger partial charge in [0, 0.05) is 17.5 Å². The highest BCUT2D eigenvalue weighted by Gasteiger charge is 2.32. The second-order valence-corrected chi connectivity index (χ2v) is 7.02. The highest BCUT2D eigenvalue weighted by atomic mass is 35.5. The van der Waals surface area contributed by atoms with Crippen LogP contribution in [-0.4, -0.2) is 35.2 Å². The standard InChI is InChI=1S/C13H21ClN2OS/c1-8-5-6-16(7-10(8)17)13(9(2)15)11-3-4-12(14)18-11/h3-4,8-10,13,17H,5-7,15H2,1-2H3. The van der Waals surface area contributed by atoms with Gasteiger partial charge in [-0.15, -0.1) is 11.3 Å². The first-order valence-electron chi connectivity index (χ1n) is 6.42. The first-order chi connectivity index (χ1) is 8.49. The zero-order chi connectivity index (χ0) is 13.3. The molecule has 0 aromatic carbocycles. The lowest BCUT2D eigenvalue weighted by atomic mass is 9.93. The van der Waals surface area contributed by atoms with Crippen LogP contribution < -0.4 is 5.73 Å². The van der Waals surface area contributed by atoms with E-state index in [1.54, 1.807) is 11.3 Å². The molecule has 4 unspecified atom stereocenters. The molecule has 18 heavy (non-hydrogen) atoms. The van der Waals surface area contributed by atoms with Crippen LogP contribution in [0.3, 0.4) is 0 Å². The van der Waals surface area contributed by atoms with Crippen molar-refractivity contribution in [3.05, 3.63) is 21.3 Å². The molecular weight excluding hydrogens is 268 g/mol. The van der Waals surface area contributed by atoms with E-state index in [1.807, 2.05) is 19.1 Å². The Balaban J connectivity index is 2.16. The number of likely N-dealkylation sites (tertiary alicyclic amines) is 1. The van der Waals surface area contributed by atoms with Crippen molar-refractivity contribution in [3.8, 4) is 0 Å². The predicted molar refractivity (Wildman–Crippen MR) is 77.1 cm³/mol. The molecule has 1 aromatic rings. The van der Waals surface area contributed by atoms with Crippen LogP contribution in [0.25, 0.3) is 0 Å². The molecule has 0 spiro atoms. The maximum atomic E-state index is 10.0. The van der Waals surface area contributed by atoms with E-state index in [4.69, 9.17) is 17.3 Å². The van der Waals surface area contributed by atoms with E-state index in [0.29, 0.717) is 12.5 Å². The lowest BCUT2D eigenvalue weighted by Gasteiger charge is -2.40. The van der Waals surface area contributed by atoms with Gasteiger partial charge in [-0.25, -0.2) is 0 Å². The monoisotopic (exact) mass is 288 g/mol. The number of hydrogen-bond acceptors (Lipinski definition) is 4. The Hall–Kier alpha value is -0.130. The maximum Gasteiger partial charge on any atom is 0.0931 e. The molecule has 0 amide bonds. The molecule has 1 aliphatic rings. The Morgan fingerprint density at radius 2 is 2.28 bits per heavy atom. The Bertz CT molecular complexity index is 396. The van der Waals surface area contributed by atoms with E-state index in [9.17, 15) is 5.11 Å². The van der Waals surface area contributed by atoms with Crippen LogP contribution in [0, 0.1) is 5.92 Å². The summed E-state index contributed by atoms with van der Waals surface area (Å²) in [4.78, 5) is 3.48. The number of piperidine rings is 1. The summed E-state index contributed by atoms with van der Waals surface area (Å²) in [6.07, 6.45) is 0.763. The number of hydrogen-bond donors (Lipinski definition) is 2. The number of rotatable bonds is 3. The molecule has 2 rings (SSSR count). The summed E-state index contributed by atoms with van der Waals surface area (Å²) < 4.78 is 0.793. The smallest absolute Gasteiger partial charge is 0.0931 e. The summed E-state index contributed by atoms with van der Waals surface area (Å²) in [6.45, 7) is 5.80. The molecule has 4 atom stereocenters. The van der Waals surface area contributed by atoms with Crippen molar-refractivity contribution in [2.45, 2.75) is 38.5 Å². The SMILES string of the molecule is CC(N)C(c1ccc(Cl)s1)N1CCC(C)C(O)C1. The highest BCUT2D eigenvalue weighted by Crippen LogP contribution is 2.34. The number of nitrogens with two attached hydrogens (primary N) is 1. The number of halogens is 1. The van der Waals surface area contributed by atoms with Gasteiger partial charge in [0.1, 0.15) is 0 Å². The fraction of sp³-hybridized carbons (Fsp3) is 0.692. The van der Waals surface area contributed by atoms with E-state index in [-0.39, 0.29) is 18.2 Å². The topological polar surface area (TPSA) is 49.5 Å². The Kier molecular flexibility index (Phi) is 4.67. The minimum absolute atomic E-state index is 0.0281. The maximum absolute atomic E-state index is 10.0. The predicted octanol–water partition coefficient (Wildman–Crippen LogP) is 2.49.